The van der Waals surface area contributed by atoms with Crippen LogP contribution >= 0.6 is 15.9 Å². The van der Waals surface area contributed by atoms with Gasteiger partial charge in [-0.2, -0.15) is 0 Å². The summed E-state index contributed by atoms with van der Waals surface area (Å²) in [5.41, 5.74) is 7.92. The van der Waals surface area contributed by atoms with Crippen molar-refractivity contribution in [2.45, 2.75) is 13.2 Å². The molecule has 2 rings (SSSR count). The Morgan fingerprint density at radius 2 is 2.00 bits per heavy atom. The Kier molecular flexibility index (Phi) is 4.70. The number of anilines is 1. The number of nitro benzene ring substituents is 1. The summed E-state index contributed by atoms with van der Waals surface area (Å²) in [7, 11) is 0. The highest BCUT2D eigenvalue weighted by atomic mass is 79.9. The third-order valence-corrected chi connectivity index (χ3v) is 3.25. The first-order valence-corrected chi connectivity index (χ1v) is 6.70. The number of nitrogens with two attached hydrogens (primary N) is 1. The second kappa shape index (κ2) is 6.49. The van der Waals surface area contributed by atoms with Crippen molar-refractivity contribution in [1.82, 2.24) is 0 Å². The van der Waals surface area contributed by atoms with Gasteiger partial charge in [0, 0.05) is 27.9 Å². The number of nitrogen functional groups attached to an aromatic ring is 1. The van der Waals surface area contributed by atoms with Crippen LogP contribution in [0.25, 0.3) is 0 Å². The molecule has 0 spiro atoms. The summed E-state index contributed by atoms with van der Waals surface area (Å²) in [6, 6.07) is 12.1. The minimum Gasteiger partial charge on any atom is -0.398 e. The molecule has 0 aliphatic heterocycles. The van der Waals surface area contributed by atoms with Gasteiger partial charge >= 0.3 is 0 Å². The van der Waals surface area contributed by atoms with Gasteiger partial charge in [0.2, 0.25) is 0 Å². The van der Waals surface area contributed by atoms with Gasteiger partial charge in [0.15, 0.2) is 0 Å². The Morgan fingerprint density at radius 1 is 1.20 bits per heavy atom. The molecule has 2 aromatic rings. The molecule has 0 heterocycles. The van der Waals surface area contributed by atoms with Crippen LogP contribution in [-0.2, 0) is 18.0 Å². The molecular formula is C14H13BrN2O3. The Hall–Kier alpha value is -1.92. The number of ether oxygens (including phenoxy) is 1. The maximum atomic E-state index is 10.7. The molecule has 0 radical (unpaired) electrons. The number of rotatable bonds is 5. The van der Waals surface area contributed by atoms with Gasteiger partial charge in [-0.15, -0.1) is 0 Å². The van der Waals surface area contributed by atoms with Crippen LogP contribution in [0.4, 0.5) is 11.4 Å². The molecule has 0 aliphatic rings. The van der Waals surface area contributed by atoms with Gasteiger partial charge in [0.05, 0.1) is 18.1 Å². The molecule has 0 unspecified atom stereocenters. The minimum atomic E-state index is -0.447. The monoisotopic (exact) mass is 336 g/mol. The van der Waals surface area contributed by atoms with E-state index in [-0.39, 0.29) is 12.3 Å². The van der Waals surface area contributed by atoms with Crippen molar-refractivity contribution >= 4 is 27.3 Å². The Morgan fingerprint density at radius 3 is 2.70 bits per heavy atom. The standard InChI is InChI=1S/C14H13BrN2O3/c15-12-3-1-2-10(6-12)8-20-9-11-7-13(17(18)19)4-5-14(11)16/h1-7H,8-9,16H2. The SMILES string of the molecule is Nc1ccc([N+](=O)[O-])cc1COCc1cccc(Br)c1. The molecule has 0 amide bonds. The summed E-state index contributed by atoms with van der Waals surface area (Å²) in [4.78, 5) is 10.3. The summed E-state index contributed by atoms with van der Waals surface area (Å²) in [6.45, 7) is 0.654. The number of hydrogen-bond donors (Lipinski definition) is 1. The maximum Gasteiger partial charge on any atom is 0.269 e. The quantitative estimate of drug-likeness (QED) is 0.513. The molecule has 2 N–H and O–H groups in total. The van der Waals surface area contributed by atoms with Crippen LogP contribution < -0.4 is 5.73 Å². The first-order chi connectivity index (χ1) is 9.56. The fraction of sp³-hybridized carbons (Fsp3) is 0.143. The van der Waals surface area contributed by atoms with Crippen molar-refractivity contribution in [1.29, 1.82) is 0 Å². The molecule has 0 atom stereocenters. The van der Waals surface area contributed by atoms with E-state index in [0.717, 1.165) is 10.0 Å². The van der Waals surface area contributed by atoms with Crippen molar-refractivity contribution in [3.63, 3.8) is 0 Å². The normalized spacial score (nSPS) is 10.4. The van der Waals surface area contributed by atoms with Gasteiger partial charge < -0.3 is 10.5 Å². The van der Waals surface area contributed by atoms with E-state index in [1.54, 1.807) is 0 Å². The van der Waals surface area contributed by atoms with E-state index in [4.69, 9.17) is 10.5 Å². The highest BCUT2D eigenvalue weighted by molar-refractivity contribution is 9.10. The van der Waals surface area contributed by atoms with Crippen molar-refractivity contribution < 1.29 is 9.66 Å². The lowest BCUT2D eigenvalue weighted by atomic mass is 10.1. The number of halogens is 1. The van der Waals surface area contributed by atoms with E-state index in [0.29, 0.717) is 17.9 Å². The summed E-state index contributed by atoms with van der Waals surface area (Å²) in [6.07, 6.45) is 0. The van der Waals surface area contributed by atoms with Crippen LogP contribution in [0.15, 0.2) is 46.9 Å². The molecule has 0 saturated carbocycles. The number of nitro groups is 1. The third kappa shape index (κ3) is 3.79. The second-order valence-corrected chi connectivity index (χ2v) is 5.18. The first kappa shape index (κ1) is 14.5. The lowest BCUT2D eigenvalue weighted by molar-refractivity contribution is -0.384. The van der Waals surface area contributed by atoms with Crippen molar-refractivity contribution in [3.8, 4) is 0 Å². The molecule has 104 valence electrons. The maximum absolute atomic E-state index is 10.7. The van der Waals surface area contributed by atoms with Crippen LogP contribution in [-0.4, -0.2) is 4.92 Å². The van der Waals surface area contributed by atoms with E-state index in [1.165, 1.54) is 18.2 Å². The average molecular weight is 337 g/mol. The number of benzene rings is 2. The van der Waals surface area contributed by atoms with E-state index in [1.807, 2.05) is 24.3 Å². The zero-order chi connectivity index (χ0) is 14.5. The highest BCUT2D eigenvalue weighted by Gasteiger charge is 2.09. The van der Waals surface area contributed by atoms with Crippen LogP contribution in [0.5, 0.6) is 0 Å². The van der Waals surface area contributed by atoms with E-state index >= 15 is 0 Å². The zero-order valence-electron chi connectivity index (χ0n) is 10.6. The molecule has 2 aromatic carbocycles. The molecule has 0 bridgehead atoms. The van der Waals surface area contributed by atoms with Gasteiger partial charge in [0.25, 0.3) is 5.69 Å². The number of nitrogens with zero attached hydrogens (tertiary/aromatic N) is 1. The van der Waals surface area contributed by atoms with Crippen LogP contribution in [0.1, 0.15) is 11.1 Å². The number of non-ortho nitro benzene ring substituents is 1. The van der Waals surface area contributed by atoms with E-state index in [2.05, 4.69) is 15.9 Å². The third-order valence-electron chi connectivity index (χ3n) is 2.75. The molecule has 20 heavy (non-hydrogen) atoms. The average Bonchev–Trinajstić information content (AvgIpc) is 2.40. The van der Waals surface area contributed by atoms with Crippen LogP contribution in [0.3, 0.4) is 0 Å². The Labute approximate surface area is 124 Å². The van der Waals surface area contributed by atoms with Gasteiger partial charge in [0.1, 0.15) is 0 Å². The smallest absolute Gasteiger partial charge is 0.269 e. The first-order valence-electron chi connectivity index (χ1n) is 5.91. The van der Waals surface area contributed by atoms with Crippen molar-refractivity contribution in [3.05, 3.63) is 68.2 Å². The molecule has 0 aliphatic carbocycles. The Bertz CT molecular complexity index is 632. The molecule has 5 nitrogen and oxygen atoms in total. The van der Waals surface area contributed by atoms with E-state index < -0.39 is 4.92 Å². The molecule has 0 aromatic heterocycles. The van der Waals surface area contributed by atoms with Gasteiger partial charge in [-0.1, -0.05) is 28.1 Å². The summed E-state index contributed by atoms with van der Waals surface area (Å²) in [5.74, 6) is 0. The van der Waals surface area contributed by atoms with Crippen LogP contribution in [0.2, 0.25) is 0 Å². The van der Waals surface area contributed by atoms with Gasteiger partial charge in [-0.25, -0.2) is 0 Å². The Balaban J connectivity index is 2.00. The molecule has 0 fully saturated rings. The lowest BCUT2D eigenvalue weighted by Gasteiger charge is -2.07. The fourth-order valence-electron chi connectivity index (χ4n) is 1.74. The predicted octanol–water partition coefficient (Wildman–Crippen LogP) is 3.66. The highest BCUT2D eigenvalue weighted by Crippen LogP contribution is 2.21. The van der Waals surface area contributed by atoms with Crippen LogP contribution in [0, 0.1) is 10.1 Å². The summed E-state index contributed by atoms with van der Waals surface area (Å²) in [5, 5.41) is 10.7. The topological polar surface area (TPSA) is 78.4 Å². The fourth-order valence-corrected chi connectivity index (χ4v) is 2.18. The van der Waals surface area contributed by atoms with Crippen molar-refractivity contribution in [2.24, 2.45) is 0 Å². The number of hydrogen-bond acceptors (Lipinski definition) is 4. The predicted molar refractivity (Wildman–Crippen MR) is 80.1 cm³/mol. The summed E-state index contributed by atoms with van der Waals surface area (Å²) < 4.78 is 6.53. The molecule has 6 heteroatoms. The zero-order valence-corrected chi connectivity index (χ0v) is 12.2. The second-order valence-electron chi connectivity index (χ2n) is 4.26. The molecular weight excluding hydrogens is 324 g/mol. The van der Waals surface area contributed by atoms with Gasteiger partial charge in [-0.05, 0) is 23.8 Å². The van der Waals surface area contributed by atoms with Crippen molar-refractivity contribution in [2.75, 3.05) is 5.73 Å². The minimum absolute atomic E-state index is 0.0141. The largest absolute Gasteiger partial charge is 0.398 e. The lowest BCUT2D eigenvalue weighted by Crippen LogP contribution is -2.00. The van der Waals surface area contributed by atoms with Gasteiger partial charge in [-0.3, -0.25) is 10.1 Å². The van der Waals surface area contributed by atoms with E-state index in [9.17, 15) is 10.1 Å². The summed E-state index contributed by atoms with van der Waals surface area (Å²) >= 11 is 3.39. The molecule has 0 saturated heterocycles.